The van der Waals surface area contributed by atoms with Crippen molar-refractivity contribution in [1.29, 1.82) is 5.26 Å². The van der Waals surface area contributed by atoms with Crippen molar-refractivity contribution in [2.24, 2.45) is 0 Å². The van der Waals surface area contributed by atoms with Crippen LogP contribution in [0.1, 0.15) is 6.92 Å². The summed E-state index contributed by atoms with van der Waals surface area (Å²) >= 11 is 6.01. The van der Waals surface area contributed by atoms with E-state index < -0.39 is 11.5 Å². The lowest BCUT2D eigenvalue weighted by Gasteiger charge is -2.18. The number of hydrogen-bond acceptors (Lipinski definition) is 6. The highest BCUT2D eigenvalue weighted by Crippen LogP contribution is 2.19. The Morgan fingerprint density at radius 2 is 2.07 bits per heavy atom. The van der Waals surface area contributed by atoms with Gasteiger partial charge in [-0.15, -0.1) is 0 Å². The molecule has 0 N–H and O–H groups in total. The smallest absolute Gasteiger partial charge is 0.221 e. The molecule has 0 radical (unpaired) electrons. The van der Waals surface area contributed by atoms with E-state index in [2.05, 4.69) is 0 Å². The maximum absolute atomic E-state index is 8.83. The van der Waals surface area contributed by atoms with Crippen LogP contribution in [-0.4, -0.2) is 36.7 Å². The van der Waals surface area contributed by atoms with Gasteiger partial charge in [0.25, 0.3) is 0 Å². The minimum atomic E-state index is -0.594. The van der Waals surface area contributed by atoms with E-state index in [0.29, 0.717) is 11.0 Å². The summed E-state index contributed by atoms with van der Waals surface area (Å²) in [5, 5.41) is 8.32. The number of nitrogens with zero attached hydrogens (tertiary/aromatic N) is 1. The summed E-state index contributed by atoms with van der Waals surface area (Å²) < 4.78 is 15.3. The summed E-state index contributed by atoms with van der Waals surface area (Å²) in [6, 6.07) is 2.04. The average molecular weight is 235 g/mol. The van der Waals surface area contributed by atoms with Gasteiger partial charge in [-0.05, 0) is 19.1 Å². The molecular formula is C8H13NO3S2. The van der Waals surface area contributed by atoms with E-state index in [9.17, 15) is 0 Å². The van der Waals surface area contributed by atoms with Gasteiger partial charge in [-0.3, -0.25) is 0 Å². The number of thioether (sulfide) groups is 1. The molecule has 1 unspecified atom stereocenters. The van der Waals surface area contributed by atoms with E-state index in [1.165, 1.54) is 14.2 Å². The molecule has 0 amide bonds. The topological polar surface area (TPSA) is 51.5 Å². The van der Waals surface area contributed by atoms with Crippen molar-refractivity contribution in [2.45, 2.75) is 18.5 Å². The van der Waals surface area contributed by atoms with Crippen LogP contribution < -0.4 is 0 Å². The molecule has 0 aromatic rings. The number of ether oxygens (including phenoxy) is 3. The Labute approximate surface area is 93.5 Å². The van der Waals surface area contributed by atoms with E-state index in [1.807, 2.05) is 13.0 Å². The van der Waals surface area contributed by atoms with Crippen molar-refractivity contribution in [3.63, 3.8) is 0 Å². The van der Waals surface area contributed by atoms with Crippen LogP contribution in [-0.2, 0) is 14.2 Å². The zero-order chi connectivity index (χ0) is 11.0. The van der Waals surface area contributed by atoms with E-state index in [-0.39, 0.29) is 0 Å². The minimum Gasteiger partial charge on any atom is -0.479 e. The monoisotopic (exact) mass is 235 g/mol. The Balaban J connectivity index is 4.15. The Kier molecular flexibility index (Phi) is 7.80. The fraction of sp³-hybridized carbons (Fsp3) is 0.750. The fourth-order valence-corrected chi connectivity index (χ4v) is 1.95. The van der Waals surface area contributed by atoms with Crippen LogP contribution in [0.15, 0.2) is 0 Å². The summed E-state index contributed by atoms with van der Waals surface area (Å²) in [4.78, 5) is 0. The summed E-state index contributed by atoms with van der Waals surface area (Å²) in [5.41, 5.74) is 0. The normalized spacial score (nSPS) is 12.2. The van der Waals surface area contributed by atoms with Crippen LogP contribution in [0.2, 0.25) is 0 Å². The fourth-order valence-electron chi connectivity index (χ4n) is 0.742. The Bertz CT molecular complexity index is 213. The van der Waals surface area contributed by atoms with Crippen molar-refractivity contribution in [3.05, 3.63) is 0 Å². The molecule has 1 atom stereocenters. The van der Waals surface area contributed by atoms with Crippen molar-refractivity contribution in [1.82, 2.24) is 0 Å². The predicted molar refractivity (Wildman–Crippen MR) is 59.0 cm³/mol. The van der Waals surface area contributed by atoms with E-state index >= 15 is 0 Å². The average Bonchev–Trinajstić information content (AvgIpc) is 2.18. The molecule has 0 aliphatic rings. The Morgan fingerprint density at radius 1 is 1.50 bits per heavy atom. The molecule has 0 aromatic heterocycles. The van der Waals surface area contributed by atoms with Crippen molar-refractivity contribution in [3.8, 4) is 6.07 Å². The first-order valence-electron chi connectivity index (χ1n) is 3.98. The van der Waals surface area contributed by atoms with Crippen LogP contribution >= 0.6 is 24.0 Å². The van der Waals surface area contributed by atoms with E-state index in [4.69, 9.17) is 31.7 Å². The maximum Gasteiger partial charge on any atom is 0.221 e. The van der Waals surface area contributed by atoms with Gasteiger partial charge in [0.1, 0.15) is 0 Å². The largest absolute Gasteiger partial charge is 0.479 e. The third-order valence-electron chi connectivity index (χ3n) is 1.32. The Morgan fingerprint density at radius 3 is 2.43 bits per heavy atom. The van der Waals surface area contributed by atoms with Gasteiger partial charge in [-0.2, -0.15) is 5.26 Å². The highest BCUT2D eigenvalue weighted by molar-refractivity contribution is 8.23. The SMILES string of the molecule is CCOC(=S)SC(C#N)C(OC)OC. The molecule has 0 spiro atoms. The number of rotatable bonds is 5. The highest BCUT2D eigenvalue weighted by atomic mass is 32.2. The van der Waals surface area contributed by atoms with E-state index in [1.54, 1.807) is 0 Å². The van der Waals surface area contributed by atoms with Crippen molar-refractivity contribution < 1.29 is 14.2 Å². The standard InChI is InChI=1S/C8H13NO3S2/c1-4-12-8(13)14-6(5-9)7(10-2)11-3/h6-7H,4H2,1-3H3. The zero-order valence-electron chi connectivity index (χ0n) is 8.35. The van der Waals surface area contributed by atoms with Crippen molar-refractivity contribution >= 4 is 28.4 Å². The second kappa shape index (κ2) is 8.00. The maximum atomic E-state index is 8.83. The molecule has 0 aromatic carbocycles. The molecule has 0 aliphatic carbocycles. The first-order chi connectivity index (χ1) is 6.69. The third-order valence-corrected chi connectivity index (χ3v) is 2.62. The van der Waals surface area contributed by atoms with Gasteiger partial charge in [0.2, 0.25) is 4.38 Å². The highest BCUT2D eigenvalue weighted by Gasteiger charge is 2.23. The lowest BCUT2D eigenvalue weighted by molar-refractivity contribution is -0.0938. The van der Waals surface area contributed by atoms with Crippen LogP contribution in [0, 0.1) is 11.3 Å². The lowest BCUT2D eigenvalue weighted by Crippen LogP contribution is -2.27. The molecule has 0 rings (SSSR count). The first kappa shape index (κ1) is 13.7. The van der Waals surface area contributed by atoms with Crippen LogP contribution in [0.25, 0.3) is 0 Å². The molecule has 14 heavy (non-hydrogen) atoms. The summed E-state index contributed by atoms with van der Waals surface area (Å²) in [6.07, 6.45) is -0.594. The zero-order valence-corrected chi connectivity index (χ0v) is 9.98. The predicted octanol–water partition coefficient (Wildman–Crippen LogP) is 1.55. The summed E-state index contributed by atoms with van der Waals surface area (Å²) in [6.45, 7) is 2.33. The van der Waals surface area contributed by atoms with Crippen LogP contribution in [0.3, 0.4) is 0 Å². The first-order valence-corrected chi connectivity index (χ1v) is 5.27. The van der Waals surface area contributed by atoms with Gasteiger partial charge in [0.15, 0.2) is 11.5 Å². The van der Waals surface area contributed by atoms with Gasteiger partial charge < -0.3 is 14.2 Å². The Hall–Kier alpha value is -0.350. The molecular weight excluding hydrogens is 222 g/mol. The van der Waals surface area contributed by atoms with Crippen molar-refractivity contribution in [2.75, 3.05) is 20.8 Å². The molecule has 6 heteroatoms. The van der Waals surface area contributed by atoms with Gasteiger partial charge >= 0.3 is 0 Å². The molecule has 0 saturated carbocycles. The minimum absolute atomic E-state index is 0.332. The number of hydrogen-bond donors (Lipinski definition) is 0. The molecule has 0 heterocycles. The molecule has 4 nitrogen and oxygen atoms in total. The quantitative estimate of drug-likeness (QED) is 0.532. The van der Waals surface area contributed by atoms with Gasteiger partial charge in [-0.25, -0.2) is 0 Å². The van der Waals surface area contributed by atoms with Gasteiger partial charge in [0, 0.05) is 14.2 Å². The molecule has 0 fully saturated rings. The molecule has 0 aliphatic heterocycles. The summed E-state index contributed by atoms with van der Waals surface area (Å²) in [7, 11) is 2.95. The van der Waals surface area contributed by atoms with Gasteiger partial charge in [0.05, 0.1) is 12.7 Å². The summed E-state index contributed by atoms with van der Waals surface area (Å²) in [5.74, 6) is 0. The van der Waals surface area contributed by atoms with Crippen LogP contribution in [0.5, 0.6) is 0 Å². The second-order valence-corrected chi connectivity index (χ2v) is 3.93. The lowest BCUT2D eigenvalue weighted by atomic mass is 10.4. The number of thiocarbonyl (C=S) groups is 1. The molecule has 0 saturated heterocycles. The second-order valence-electron chi connectivity index (χ2n) is 2.19. The van der Waals surface area contributed by atoms with Gasteiger partial charge in [-0.1, -0.05) is 11.8 Å². The molecule has 80 valence electrons. The van der Waals surface area contributed by atoms with E-state index in [0.717, 1.165) is 11.8 Å². The third kappa shape index (κ3) is 4.77. The number of methoxy groups -OCH3 is 2. The number of nitriles is 1. The van der Waals surface area contributed by atoms with Crippen LogP contribution in [0.4, 0.5) is 0 Å². The molecule has 0 bridgehead atoms.